The monoisotopic (exact) mass is 429 g/mol. The normalized spacial score (nSPS) is 12.9. The smallest absolute Gasteiger partial charge is 0.161 e. The zero-order valence-electron chi connectivity index (χ0n) is 17.7. The summed E-state index contributed by atoms with van der Waals surface area (Å²) < 4.78 is 13.4. The summed E-state index contributed by atoms with van der Waals surface area (Å²) in [6.07, 6.45) is 3.96. The maximum Gasteiger partial charge on any atom is 0.161 e. The topological polar surface area (TPSA) is 59.5 Å². The first-order chi connectivity index (χ1) is 16.3. The summed E-state index contributed by atoms with van der Waals surface area (Å²) in [6.45, 7) is 1.11. The molecular weight excluding hydrogens is 410 g/mol. The Morgan fingerprint density at radius 1 is 0.848 bits per heavy atom. The van der Waals surface area contributed by atoms with Crippen LogP contribution >= 0.6 is 0 Å². The minimum absolute atomic E-state index is 0.541. The van der Waals surface area contributed by atoms with Crippen molar-refractivity contribution in [1.82, 2.24) is 9.38 Å². The maximum atomic E-state index is 10.1. The number of aromatic nitrogens is 2. The molecule has 0 atom stereocenters. The van der Waals surface area contributed by atoms with Crippen LogP contribution in [0.15, 0.2) is 78.9 Å². The van der Waals surface area contributed by atoms with Gasteiger partial charge in [0.1, 0.15) is 24.8 Å². The molecule has 5 heteroatoms. The molecule has 33 heavy (non-hydrogen) atoms. The standard InChI is InChI=1S/C28H19N3O2/c29-18-22-21(12-10-19-11-13-26-27(16-19)33-15-14-32-26)17-25(20-6-2-1-3-7-20)31-24-9-5-4-8-23(24)30-28(22)31/h1-13,16-17H,14-15H2/b12-10+. The molecule has 3 heterocycles. The highest BCUT2D eigenvalue weighted by molar-refractivity contribution is 5.89. The number of benzene rings is 3. The third-order valence-electron chi connectivity index (χ3n) is 5.81. The number of nitriles is 1. The van der Waals surface area contributed by atoms with E-state index in [0.717, 1.165) is 44.9 Å². The summed E-state index contributed by atoms with van der Waals surface area (Å²) >= 11 is 0. The van der Waals surface area contributed by atoms with Crippen LogP contribution in [-0.4, -0.2) is 22.6 Å². The quantitative estimate of drug-likeness (QED) is 0.355. The summed E-state index contributed by atoms with van der Waals surface area (Å²) in [5.41, 5.74) is 6.86. The number of fused-ring (bicyclic) bond motifs is 4. The highest BCUT2D eigenvalue weighted by Crippen LogP contribution is 2.33. The first-order valence-electron chi connectivity index (χ1n) is 10.8. The second kappa shape index (κ2) is 7.85. The molecule has 0 saturated heterocycles. The molecule has 0 aliphatic carbocycles. The van der Waals surface area contributed by atoms with E-state index in [4.69, 9.17) is 14.5 Å². The number of hydrogen-bond donors (Lipinski definition) is 0. The van der Waals surface area contributed by atoms with E-state index in [-0.39, 0.29) is 0 Å². The van der Waals surface area contributed by atoms with Gasteiger partial charge in [0.05, 0.1) is 16.7 Å². The molecule has 0 unspecified atom stereocenters. The van der Waals surface area contributed by atoms with Gasteiger partial charge in [-0.25, -0.2) is 4.98 Å². The van der Waals surface area contributed by atoms with Gasteiger partial charge in [0, 0.05) is 0 Å². The van der Waals surface area contributed by atoms with Crippen molar-refractivity contribution < 1.29 is 9.47 Å². The van der Waals surface area contributed by atoms with Crippen LogP contribution in [0.3, 0.4) is 0 Å². The lowest BCUT2D eigenvalue weighted by atomic mass is 10.0. The Balaban J connectivity index is 1.56. The summed E-state index contributed by atoms with van der Waals surface area (Å²) in [6, 6.07) is 28.4. The molecule has 0 radical (unpaired) electrons. The minimum atomic E-state index is 0.541. The summed E-state index contributed by atoms with van der Waals surface area (Å²) in [7, 11) is 0. The lowest BCUT2D eigenvalue weighted by Gasteiger charge is -2.18. The van der Waals surface area contributed by atoms with Gasteiger partial charge >= 0.3 is 0 Å². The van der Waals surface area contributed by atoms with Crippen LogP contribution in [0.2, 0.25) is 0 Å². The molecule has 0 N–H and O–H groups in total. The number of imidazole rings is 1. The number of rotatable bonds is 3. The van der Waals surface area contributed by atoms with Crippen LogP contribution in [0.1, 0.15) is 16.7 Å². The molecular formula is C28H19N3O2. The molecule has 0 spiro atoms. The van der Waals surface area contributed by atoms with Gasteiger partial charge in [-0.3, -0.25) is 4.40 Å². The van der Waals surface area contributed by atoms with Crippen LogP contribution in [0.4, 0.5) is 0 Å². The molecule has 0 bridgehead atoms. The lowest BCUT2D eigenvalue weighted by Crippen LogP contribution is -2.15. The van der Waals surface area contributed by atoms with E-state index in [1.165, 1.54) is 0 Å². The number of ether oxygens (including phenoxy) is 2. The molecule has 0 saturated carbocycles. The van der Waals surface area contributed by atoms with Gasteiger partial charge in [0.2, 0.25) is 0 Å². The maximum absolute atomic E-state index is 10.1. The second-order valence-electron chi connectivity index (χ2n) is 7.83. The lowest BCUT2D eigenvalue weighted by molar-refractivity contribution is 0.171. The van der Waals surface area contributed by atoms with Crippen molar-refractivity contribution in [2.45, 2.75) is 0 Å². The molecule has 0 amide bonds. The summed E-state index contributed by atoms with van der Waals surface area (Å²) in [4.78, 5) is 4.82. The minimum Gasteiger partial charge on any atom is -0.486 e. The van der Waals surface area contributed by atoms with Gasteiger partial charge < -0.3 is 9.47 Å². The third kappa shape index (κ3) is 3.29. The van der Waals surface area contributed by atoms with Gasteiger partial charge in [-0.2, -0.15) is 5.26 Å². The fourth-order valence-corrected chi connectivity index (χ4v) is 4.27. The molecule has 1 aliphatic heterocycles. The van der Waals surface area contributed by atoms with Crippen LogP contribution in [0.5, 0.6) is 11.5 Å². The van der Waals surface area contributed by atoms with Crippen molar-refractivity contribution >= 4 is 28.8 Å². The van der Waals surface area contributed by atoms with Gasteiger partial charge in [-0.1, -0.05) is 60.7 Å². The van der Waals surface area contributed by atoms with E-state index in [1.807, 2.05) is 72.8 Å². The zero-order valence-corrected chi connectivity index (χ0v) is 17.7. The first kappa shape index (κ1) is 19.1. The van der Waals surface area contributed by atoms with E-state index < -0.39 is 0 Å². The Morgan fingerprint density at radius 3 is 2.48 bits per heavy atom. The van der Waals surface area contributed by atoms with Gasteiger partial charge in [-0.05, 0) is 47.0 Å². The molecule has 5 aromatic rings. The van der Waals surface area contributed by atoms with E-state index in [0.29, 0.717) is 24.4 Å². The molecule has 2 aromatic heterocycles. The largest absolute Gasteiger partial charge is 0.486 e. The Labute approximate surface area is 190 Å². The van der Waals surface area contributed by atoms with E-state index in [9.17, 15) is 5.26 Å². The number of para-hydroxylation sites is 2. The van der Waals surface area contributed by atoms with E-state index >= 15 is 0 Å². The van der Waals surface area contributed by atoms with Crippen LogP contribution in [-0.2, 0) is 0 Å². The predicted molar refractivity (Wildman–Crippen MR) is 129 cm³/mol. The molecule has 5 nitrogen and oxygen atoms in total. The van der Waals surface area contributed by atoms with Crippen molar-refractivity contribution in [2.24, 2.45) is 0 Å². The van der Waals surface area contributed by atoms with Crippen LogP contribution in [0, 0.1) is 11.3 Å². The van der Waals surface area contributed by atoms with Crippen LogP contribution in [0.25, 0.3) is 40.1 Å². The molecule has 6 rings (SSSR count). The number of nitrogens with zero attached hydrogens (tertiary/aromatic N) is 3. The molecule has 1 aliphatic rings. The highest BCUT2D eigenvalue weighted by Gasteiger charge is 2.17. The van der Waals surface area contributed by atoms with Crippen molar-refractivity contribution in [3.8, 4) is 28.8 Å². The highest BCUT2D eigenvalue weighted by atomic mass is 16.6. The number of hydrogen-bond acceptors (Lipinski definition) is 4. The van der Waals surface area contributed by atoms with Gasteiger partial charge in [0.25, 0.3) is 0 Å². The number of pyridine rings is 1. The SMILES string of the molecule is N#Cc1c(/C=C/c2ccc3c(c2)OCCO3)cc(-c2ccccc2)n2c1nc1ccccc12. The van der Waals surface area contributed by atoms with Crippen molar-refractivity contribution in [1.29, 1.82) is 5.26 Å². The van der Waals surface area contributed by atoms with Crippen molar-refractivity contribution in [2.75, 3.05) is 13.2 Å². The van der Waals surface area contributed by atoms with E-state index in [2.05, 4.69) is 28.7 Å². The Hall–Kier alpha value is -4.56. The molecule has 3 aromatic carbocycles. The predicted octanol–water partition coefficient (Wildman–Crippen LogP) is 5.97. The molecule has 158 valence electrons. The third-order valence-corrected chi connectivity index (χ3v) is 5.81. The van der Waals surface area contributed by atoms with Gasteiger partial charge in [-0.15, -0.1) is 0 Å². The fourth-order valence-electron chi connectivity index (χ4n) is 4.27. The Morgan fingerprint density at radius 2 is 1.64 bits per heavy atom. The van der Waals surface area contributed by atoms with Crippen molar-refractivity contribution in [3.63, 3.8) is 0 Å². The Kier molecular flexibility index (Phi) is 4.55. The zero-order chi connectivity index (χ0) is 22.2. The average molecular weight is 429 g/mol. The summed E-state index contributed by atoms with van der Waals surface area (Å²) in [5, 5.41) is 10.1. The summed E-state index contributed by atoms with van der Waals surface area (Å²) in [5.74, 6) is 1.50. The van der Waals surface area contributed by atoms with Crippen molar-refractivity contribution in [3.05, 3.63) is 95.6 Å². The first-order valence-corrected chi connectivity index (χ1v) is 10.8. The van der Waals surface area contributed by atoms with E-state index in [1.54, 1.807) is 0 Å². The van der Waals surface area contributed by atoms with Crippen LogP contribution < -0.4 is 9.47 Å². The van der Waals surface area contributed by atoms with Gasteiger partial charge in [0.15, 0.2) is 17.1 Å². The average Bonchev–Trinajstić information content (AvgIpc) is 3.26. The molecule has 0 fully saturated rings. The second-order valence-corrected chi connectivity index (χ2v) is 7.83. The fraction of sp³-hybridized carbons (Fsp3) is 0.0714. The Bertz CT molecular complexity index is 1580.